The summed E-state index contributed by atoms with van der Waals surface area (Å²) in [6.07, 6.45) is 0. The third-order valence-electron chi connectivity index (χ3n) is 3.34. The van der Waals surface area contributed by atoms with Gasteiger partial charge in [0.2, 0.25) is 5.91 Å². The van der Waals surface area contributed by atoms with Gasteiger partial charge in [0.25, 0.3) is 0 Å². The first-order valence-electron chi connectivity index (χ1n) is 6.36. The molecule has 0 unspecified atom stereocenters. The highest BCUT2D eigenvalue weighted by Crippen LogP contribution is 2.24. The van der Waals surface area contributed by atoms with Crippen LogP contribution >= 0.6 is 0 Å². The largest absolute Gasteiger partial charge is 0.489 e. The van der Waals surface area contributed by atoms with Gasteiger partial charge in [0.15, 0.2) is 0 Å². The predicted octanol–water partition coefficient (Wildman–Crippen LogP) is 2.56. The number of aryl methyl sites for hydroxylation is 1. The Balaban J connectivity index is 2.15. The highest BCUT2D eigenvalue weighted by atomic mass is 16.5. The van der Waals surface area contributed by atoms with Gasteiger partial charge in [-0.2, -0.15) is 0 Å². The van der Waals surface area contributed by atoms with Crippen molar-refractivity contribution in [1.29, 1.82) is 0 Å². The van der Waals surface area contributed by atoms with Crippen LogP contribution in [0.15, 0.2) is 36.4 Å². The molecule has 4 nitrogen and oxygen atoms in total. The minimum absolute atomic E-state index is 0.424. The molecule has 0 radical (unpaired) electrons. The van der Waals surface area contributed by atoms with Crippen LogP contribution < -0.4 is 16.2 Å². The maximum atomic E-state index is 11.1. The Labute approximate surface area is 118 Å². The van der Waals surface area contributed by atoms with Crippen molar-refractivity contribution in [2.75, 3.05) is 5.73 Å². The van der Waals surface area contributed by atoms with Gasteiger partial charge < -0.3 is 16.2 Å². The number of carbonyl (C=O) groups is 1. The van der Waals surface area contributed by atoms with E-state index in [0.29, 0.717) is 17.9 Å². The van der Waals surface area contributed by atoms with Gasteiger partial charge in [0, 0.05) is 16.8 Å². The van der Waals surface area contributed by atoms with Gasteiger partial charge in [0.1, 0.15) is 12.4 Å². The third-order valence-corrected chi connectivity index (χ3v) is 3.34. The molecule has 0 aromatic heterocycles. The van der Waals surface area contributed by atoms with Crippen molar-refractivity contribution in [3.05, 3.63) is 58.7 Å². The highest BCUT2D eigenvalue weighted by molar-refractivity contribution is 5.93. The standard InChI is InChI=1S/C16H18N2O2/c1-10-8-12(16(18)19)6-7-13(10)9-20-15-5-3-4-14(17)11(15)2/h3-8H,9,17H2,1-2H3,(H2,18,19). The van der Waals surface area contributed by atoms with E-state index in [1.165, 1.54) is 0 Å². The fourth-order valence-electron chi connectivity index (χ4n) is 1.95. The number of nitrogen functional groups attached to an aromatic ring is 1. The molecule has 0 saturated carbocycles. The molecule has 2 aromatic rings. The topological polar surface area (TPSA) is 78.3 Å². The lowest BCUT2D eigenvalue weighted by molar-refractivity contribution is 0.1000. The second-order valence-corrected chi connectivity index (χ2v) is 4.76. The predicted molar refractivity (Wildman–Crippen MR) is 79.6 cm³/mol. The first kappa shape index (κ1) is 13.9. The smallest absolute Gasteiger partial charge is 0.248 e. The van der Waals surface area contributed by atoms with E-state index >= 15 is 0 Å². The van der Waals surface area contributed by atoms with Crippen molar-refractivity contribution >= 4 is 11.6 Å². The van der Waals surface area contributed by atoms with Gasteiger partial charge in [-0.25, -0.2) is 0 Å². The Hall–Kier alpha value is -2.49. The van der Waals surface area contributed by atoms with Crippen molar-refractivity contribution < 1.29 is 9.53 Å². The quantitative estimate of drug-likeness (QED) is 0.838. The second kappa shape index (κ2) is 5.65. The van der Waals surface area contributed by atoms with E-state index in [2.05, 4.69) is 0 Å². The fourth-order valence-corrected chi connectivity index (χ4v) is 1.95. The summed E-state index contributed by atoms with van der Waals surface area (Å²) in [5, 5.41) is 0. The summed E-state index contributed by atoms with van der Waals surface area (Å²) in [5.41, 5.74) is 15.2. The van der Waals surface area contributed by atoms with Gasteiger partial charge in [-0.15, -0.1) is 0 Å². The minimum atomic E-state index is -0.424. The van der Waals surface area contributed by atoms with Crippen LogP contribution in [-0.2, 0) is 6.61 Å². The number of carbonyl (C=O) groups excluding carboxylic acids is 1. The van der Waals surface area contributed by atoms with E-state index in [-0.39, 0.29) is 0 Å². The molecular weight excluding hydrogens is 252 g/mol. The van der Waals surface area contributed by atoms with Gasteiger partial charge in [-0.3, -0.25) is 4.79 Å². The van der Waals surface area contributed by atoms with E-state index in [1.807, 2.05) is 38.1 Å². The van der Waals surface area contributed by atoms with Gasteiger partial charge in [-0.05, 0) is 49.2 Å². The van der Waals surface area contributed by atoms with Crippen molar-refractivity contribution in [2.45, 2.75) is 20.5 Å². The maximum absolute atomic E-state index is 11.1. The molecule has 2 rings (SSSR count). The molecule has 0 aliphatic rings. The molecule has 20 heavy (non-hydrogen) atoms. The van der Waals surface area contributed by atoms with Crippen LogP contribution in [-0.4, -0.2) is 5.91 Å². The zero-order valence-corrected chi connectivity index (χ0v) is 11.6. The van der Waals surface area contributed by atoms with E-state index < -0.39 is 5.91 Å². The molecule has 0 aliphatic heterocycles. The molecule has 104 valence electrons. The zero-order valence-electron chi connectivity index (χ0n) is 11.6. The lowest BCUT2D eigenvalue weighted by atomic mass is 10.1. The maximum Gasteiger partial charge on any atom is 0.248 e. The normalized spacial score (nSPS) is 10.3. The SMILES string of the molecule is Cc1cc(C(N)=O)ccc1COc1cccc(N)c1C. The number of hydrogen-bond acceptors (Lipinski definition) is 3. The molecule has 0 atom stereocenters. The van der Waals surface area contributed by atoms with E-state index in [0.717, 1.165) is 22.4 Å². The van der Waals surface area contributed by atoms with Crippen LogP contribution in [0.5, 0.6) is 5.75 Å². The van der Waals surface area contributed by atoms with Gasteiger partial charge in [0.05, 0.1) is 0 Å². The summed E-state index contributed by atoms with van der Waals surface area (Å²) < 4.78 is 5.79. The number of nitrogens with two attached hydrogens (primary N) is 2. The molecule has 0 saturated heterocycles. The summed E-state index contributed by atoms with van der Waals surface area (Å²) >= 11 is 0. The molecule has 2 aromatic carbocycles. The number of amides is 1. The first-order chi connectivity index (χ1) is 9.49. The fraction of sp³-hybridized carbons (Fsp3) is 0.188. The molecule has 0 heterocycles. The van der Waals surface area contributed by atoms with E-state index in [9.17, 15) is 4.79 Å². The number of ether oxygens (including phenoxy) is 1. The lowest BCUT2D eigenvalue weighted by Crippen LogP contribution is -2.11. The van der Waals surface area contributed by atoms with Crippen LogP contribution in [0.3, 0.4) is 0 Å². The third kappa shape index (κ3) is 2.91. The second-order valence-electron chi connectivity index (χ2n) is 4.76. The average molecular weight is 270 g/mol. The van der Waals surface area contributed by atoms with E-state index in [1.54, 1.807) is 12.1 Å². The van der Waals surface area contributed by atoms with E-state index in [4.69, 9.17) is 16.2 Å². The molecule has 1 amide bonds. The van der Waals surface area contributed by atoms with Crippen molar-refractivity contribution in [2.24, 2.45) is 5.73 Å². The summed E-state index contributed by atoms with van der Waals surface area (Å²) in [7, 11) is 0. The number of anilines is 1. The average Bonchev–Trinajstić information content (AvgIpc) is 2.41. The molecule has 4 heteroatoms. The van der Waals surface area contributed by atoms with Gasteiger partial charge >= 0.3 is 0 Å². The Morgan fingerprint density at radius 3 is 2.60 bits per heavy atom. The molecule has 0 spiro atoms. The van der Waals surface area contributed by atoms with Crippen molar-refractivity contribution in [3.8, 4) is 5.75 Å². The van der Waals surface area contributed by atoms with Crippen molar-refractivity contribution in [3.63, 3.8) is 0 Å². The Kier molecular flexibility index (Phi) is 3.94. The number of rotatable bonds is 4. The molecule has 4 N–H and O–H groups in total. The molecular formula is C16H18N2O2. The monoisotopic (exact) mass is 270 g/mol. The lowest BCUT2D eigenvalue weighted by Gasteiger charge is -2.12. The number of primary amides is 1. The zero-order chi connectivity index (χ0) is 14.7. The van der Waals surface area contributed by atoms with Gasteiger partial charge in [-0.1, -0.05) is 12.1 Å². The van der Waals surface area contributed by atoms with Crippen LogP contribution in [0.1, 0.15) is 27.0 Å². The molecule has 0 fully saturated rings. The molecule has 0 bridgehead atoms. The summed E-state index contributed by atoms with van der Waals surface area (Å²) in [6.45, 7) is 4.28. The van der Waals surface area contributed by atoms with Crippen molar-refractivity contribution in [1.82, 2.24) is 0 Å². The Morgan fingerprint density at radius 2 is 1.95 bits per heavy atom. The Bertz CT molecular complexity index is 651. The van der Waals surface area contributed by atoms with Crippen LogP contribution in [0, 0.1) is 13.8 Å². The highest BCUT2D eigenvalue weighted by Gasteiger charge is 2.06. The summed E-state index contributed by atoms with van der Waals surface area (Å²) in [4.78, 5) is 11.1. The first-order valence-corrected chi connectivity index (χ1v) is 6.36. The summed E-state index contributed by atoms with van der Waals surface area (Å²) in [6, 6.07) is 10.9. The number of benzene rings is 2. The van der Waals surface area contributed by atoms with Crippen LogP contribution in [0.4, 0.5) is 5.69 Å². The molecule has 0 aliphatic carbocycles. The van der Waals surface area contributed by atoms with Crippen LogP contribution in [0.25, 0.3) is 0 Å². The number of hydrogen-bond donors (Lipinski definition) is 2. The summed E-state index contributed by atoms with van der Waals surface area (Å²) in [5.74, 6) is 0.343. The Morgan fingerprint density at radius 1 is 1.20 bits per heavy atom. The minimum Gasteiger partial charge on any atom is -0.489 e. The van der Waals surface area contributed by atoms with Crippen LogP contribution in [0.2, 0.25) is 0 Å².